The van der Waals surface area contributed by atoms with Gasteiger partial charge in [0.2, 0.25) is 0 Å². The Morgan fingerprint density at radius 3 is 2.58 bits per heavy atom. The summed E-state index contributed by atoms with van der Waals surface area (Å²) in [5, 5.41) is 9.71. The number of phenols is 1. The second kappa shape index (κ2) is 10.3. The molecule has 2 rings (SSSR count). The Morgan fingerprint density at radius 2 is 1.85 bits per heavy atom. The molecular weight excluding hydrogens is 320 g/mol. The second-order valence-electron chi connectivity index (χ2n) is 7.57. The van der Waals surface area contributed by atoms with Crippen molar-refractivity contribution in [2.75, 3.05) is 0 Å². The quantitative estimate of drug-likeness (QED) is 0.493. The van der Waals surface area contributed by atoms with E-state index in [1.54, 1.807) is 6.07 Å². The van der Waals surface area contributed by atoms with Gasteiger partial charge in [0.15, 0.2) is 0 Å². The molecule has 0 fully saturated rings. The molecule has 1 N–H and O–H groups in total. The number of allylic oxidation sites excluding steroid dienone is 5. The fourth-order valence-corrected chi connectivity index (χ4v) is 3.52. The molecule has 1 atom stereocenters. The molecule has 1 aromatic carbocycles. The molecule has 0 saturated heterocycles. The normalized spacial score (nSPS) is 17.6. The third-order valence-corrected chi connectivity index (χ3v) is 5.11. The average Bonchev–Trinajstić information content (AvgIpc) is 2.60. The Kier molecular flexibility index (Phi) is 8.03. The van der Waals surface area contributed by atoms with Gasteiger partial charge in [0.05, 0.1) is 6.10 Å². The van der Waals surface area contributed by atoms with Crippen LogP contribution in [0.15, 0.2) is 48.1 Å². The largest absolute Gasteiger partial charge is 0.508 e. The number of aryl methyl sites for hydroxylation is 2. The van der Waals surface area contributed by atoms with Gasteiger partial charge < -0.3 is 9.84 Å². The van der Waals surface area contributed by atoms with Crippen molar-refractivity contribution in [1.29, 1.82) is 0 Å². The van der Waals surface area contributed by atoms with Gasteiger partial charge in [-0.2, -0.15) is 0 Å². The molecule has 1 aromatic rings. The van der Waals surface area contributed by atoms with Crippen molar-refractivity contribution in [2.45, 2.75) is 78.2 Å². The van der Waals surface area contributed by atoms with Gasteiger partial charge in [0, 0.05) is 0 Å². The van der Waals surface area contributed by atoms with Crippen LogP contribution in [0.1, 0.15) is 69.9 Å². The summed E-state index contributed by atoms with van der Waals surface area (Å²) in [4.78, 5) is 0. The first-order chi connectivity index (χ1) is 12.5. The Bertz CT molecular complexity index is 667. The average molecular weight is 355 g/mol. The van der Waals surface area contributed by atoms with Crippen LogP contribution >= 0.6 is 0 Å². The summed E-state index contributed by atoms with van der Waals surface area (Å²) >= 11 is 0. The number of rotatable bonds is 9. The van der Waals surface area contributed by atoms with Crippen molar-refractivity contribution in [3.05, 3.63) is 59.2 Å². The van der Waals surface area contributed by atoms with E-state index in [0.29, 0.717) is 5.75 Å². The molecule has 0 aromatic heterocycles. The summed E-state index contributed by atoms with van der Waals surface area (Å²) in [5.74, 6) is 1.33. The van der Waals surface area contributed by atoms with Gasteiger partial charge in [-0.3, -0.25) is 0 Å². The van der Waals surface area contributed by atoms with Gasteiger partial charge >= 0.3 is 0 Å². The molecule has 0 amide bonds. The number of benzene rings is 1. The molecule has 0 aliphatic carbocycles. The molecule has 2 nitrogen and oxygen atoms in total. The molecular formula is C24H34O2. The molecule has 1 heterocycles. The summed E-state index contributed by atoms with van der Waals surface area (Å²) in [6, 6.07) is 3.63. The van der Waals surface area contributed by atoms with E-state index >= 15 is 0 Å². The fourth-order valence-electron chi connectivity index (χ4n) is 3.52. The molecule has 2 heteroatoms. The number of fused-ring (bicyclic) bond motifs is 1. The highest BCUT2D eigenvalue weighted by atomic mass is 16.5. The van der Waals surface area contributed by atoms with Crippen molar-refractivity contribution in [3.63, 3.8) is 0 Å². The lowest BCUT2D eigenvalue weighted by Gasteiger charge is -2.27. The van der Waals surface area contributed by atoms with E-state index in [4.69, 9.17) is 4.74 Å². The number of ether oxygens (including phenoxy) is 1. The fraction of sp³-hybridized carbons (Fsp3) is 0.500. The lowest BCUT2D eigenvalue weighted by Crippen LogP contribution is -2.23. The van der Waals surface area contributed by atoms with Crippen LogP contribution in [0, 0.1) is 6.92 Å². The minimum absolute atomic E-state index is 0.288. The highest BCUT2D eigenvalue weighted by Crippen LogP contribution is 2.35. The van der Waals surface area contributed by atoms with Crippen molar-refractivity contribution in [2.24, 2.45) is 0 Å². The smallest absolute Gasteiger partial charge is 0.126 e. The molecule has 26 heavy (non-hydrogen) atoms. The van der Waals surface area contributed by atoms with Crippen molar-refractivity contribution < 1.29 is 9.84 Å². The van der Waals surface area contributed by atoms with Gasteiger partial charge in [-0.15, -0.1) is 6.58 Å². The number of phenolic OH excluding ortho intramolecular Hbond substituents is 1. The van der Waals surface area contributed by atoms with Gasteiger partial charge in [-0.25, -0.2) is 0 Å². The second-order valence-corrected chi connectivity index (χ2v) is 7.57. The lowest BCUT2D eigenvalue weighted by atomic mass is 9.96. The van der Waals surface area contributed by atoms with E-state index in [0.717, 1.165) is 68.2 Å². The first-order valence-corrected chi connectivity index (χ1v) is 9.91. The topological polar surface area (TPSA) is 29.5 Å². The Labute approximate surface area is 159 Å². The summed E-state index contributed by atoms with van der Waals surface area (Å²) in [7, 11) is 0. The van der Waals surface area contributed by atoms with Gasteiger partial charge in [0.1, 0.15) is 11.5 Å². The molecule has 0 radical (unpaired) electrons. The van der Waals surface area contributed by atoms with Crippen molar-refractivity contribution >= 4 is 0 Å². The van der Waals surface area contributed by atoms with E-state index in [1.165, 1.54) is 11.1 Å². The first-order valence-electron chi connectivity index (χ1n) is 9.91. The van der Waals surface area contributed by atoms with Crippen molar-refractivity contribution in [1.82, 2.24) is 0 Å². The van der Waals surface area contributed by atoms with E-state index < -0.39 is 0 Å². The van der Waals surface area contributed by atoms with E-state index in [9.17, 15) is 5.11 Å². The Morgan fingerprint density at radius 1 is 1.15 bits per heavy atom. The molecule has 1 aliphatic heterocycles. The molecule has 1 unspecified atom stereocenters. The minimum atomic E-state index is 0.288. The third kappa shape index (κ3) is 6.40. The maximum absolute atomic E-state index is 9.71. The molecule has 0 spiro atoms. The summed E-state index contributed by atoms with van der Waals surface area (Å²) in [6.07, 6.45) is 15.6. The minimum Gasteiger partial charge on any atom is -0.508 e. The SMILES string of the molecule is C=CCC/C(C)=C/CC/C(C)=C/CCC1CCc2cc(O)cc(C)c2O1. The predicted molar refractivity (Wildman–Crippen MR) is 111 cm³/mol. The molecule has 0 bridgehead atoms. The number of hydrogen-bond donors (Lipinski definition) is 1. The van der Waals surface area contributed by atoms with E-state index in [1.807, 2.05) is 19.1 Å². The van der Waals surface area contributed by atoms with Crippen LogP contribution < -0.4 is 4.74 Å². The summed E-state index contributed by atoms with van der Waals surface area (Å²) in [6.45, 7) is 10.2. The van der Waals surface area contributed by atoms with Crippen LogP contribution in [0.5, 0.6) is 11.5 Å². The maximum Gasteiger partial charge on any atom is 0.126 e. The third-order valence-electron chi connectivity index (χ3n) is 5.11. The summed E-state index contributed by atoms with van der Waals surface area (Å²) < 4.78 is 6.19. The molecule has 142 valence electrons. The zero-order chi connectivity index (χ0) is 18.9. The van der Waals surface area contributed by atoms with Gasteiger partial charge in [-0.1, -0.05) is 29.4 Å². The Hall–Kier alpha value is -1.96. The standard InChI is InChI=1S/C24H34O2/c1-5-6-9-18(2)10-7-11-19(3)12-8-13-23-15-14-21-17-22(25)16-20(4)24(21)26-23/h5,10,12,16-17,23,25H,1,6-9,11,13-15H2,2-4H3/b18-10+,19-12+. The predicted octanol–water partition coefficient (Wildman–Crippen LogP) is 6.81. The summed E-state index contributed by atoms with van der Waals surface area (Å²) in [5.41, 5.74) is 5.11. The van der Waals surface area contributed by atoms with Crippen LogP contribution in [0.3, 0.4) is 0 Å². The van der Waals surface area contributed by atoms with E-state index in [2.05, 4.69) is 32.6 Å². The van der Waals surface area contributed by atoms with Gasteiger partial charge in [-0.05, 0) is 95.4 Å². The highest BCUT2D eigenvalue weighted by Gasteiger charge is 2.21. The number of hydrogen-bond acceptors (Lipinski definition) is 2. The monoisotopic (exact) mass is 354 g/mol. The van der Waals surface area contributed by atoms with E-state index in [-0.39, 0.29) is 6.10 Å². The zero-order valence-electron chi connectivity index (χ0n) is 16.7. The van der Waals surface area contributed by atoms with Crippen LogP contribution in [0.2, 0.25) is 0 Å². The highest BCUT2D eigenvalue weighted by molar-refractivity contribution is 5.47. The first kappa shape index (κ1) is 20.4. The zero-order valence-corrected chi connectivity index (χ0v) is 16.7. The number of aromatic hydroxyl groups is 1. The van der Waals surface area contributed by atoms with Crippen LogP contribution in [-0.4, -0.2) is 11.2 Å². The van der Waals surface area contributed by atoms with Crippen LogP contribution in [0.4, 0.5) is 0 Å². The Balaban J connectivity index is 1.75. The molecule has 0 saturated carbocycles. The lowest BCUT2D eigenvalue weighted by molar-refractivity contribution is 0.163. The van der Waals surface area contributed by atoms with Crippen molar-refractivity contribution in [3.8, 4) is 11.5 Å². The molecule has 1 aliphatic rings. The van der Waals surface area contributed by atoms with Crippen LogP contribution in [0.25, 0.3) is 0 Å². The van der Waals surface area contributed by atoms with Crippen LogP contribution in [-0.2, 0) is 6.42 Å². The maximum atomic E-state index is 9.71. The van der Waals surface area contributed by atoms with Gasteiger partial charge in [0.25, 0.3) is 0 Å².